The largest absolute Gasteiger partial charge is 0.385 e. The number of hydrogen-bond donors (Lipinski definition) is 3. The van der Waals surface area contributed by atoms with Gasteiger partial charge in [0, 0.05) is 0 Å². The first-order chi connectivity index (χ1) is 7.97. The van der Waals surface area contributed by atoms with Gasteiger partial charge in [-0.2, -0.15) is 4.99 Å². The van der Waals surface area contributed by atoms with Crippen LogP contribution in [0.4, 0.5) is 5.69 Å². The zero-order valence-electron chi connectivity index (χ0n) is 8.50. The van der Waals surface area contributed by atoms with Crippen molar-refractivity contribution >= 4 is 40.6 Å². The molecule has 0 fully saturated rings. The molecule has 1 aromatic rings. The second-order valence-electron chi connectivity index (χ2n) is 3.21. The molecule has 0 radical (unpaired) electrons. The summed E-state index contributed by atoms with van der Waals surface area (Å²) < 4.78 is 0. The van der Waals surface area contributed by atoms with E-state index in [1.54, 1.807) is 0 Å². The molecule has 0 saturated carbocycles. The van der Waals surface area contributed by atoms with Crippen molar-refractivity contribution in [3.05, 3.63) is 28.8 Å². The number of nitrogens with two attached hydrogens (primary N) is 1. The number of benzene rings is 1. The number of hydrogen-bond acceptors (Lipinski definition) is 5. The van der Waals surface area contributed by atoms with E-state index in [1.165, 1.54) is 18.2 Å². The lowest BCUT2D eigenvalue weighted by Gasteiger charge is -2.15. The third kappa shape index (κ3) is 3.33. The van der Waals surface area contributed by atoms with Crippen molar-refractivity contribution < 1.29 is 15.0 Å². The Bertz CT molecular complexity index is 488. The summed E-state index contributed by atoms with van der Waals surface area (Å²) in [6.07, 6.45) is -3.12. The highest BCUT2D eigenvalue weighted by molar-refractivity contribution is 7.78. The van der Waals surface area contributed by atoms with Crippen molar-refractivity contribution in [2.75, 3.05) is 0 Å². The second kappa shape index (κ2) is 5.86. The Balaban J connectivity index is 3.05. The fourth-order valence-electron chi connectivity index (χ4n) is 1.18. The fraction of sp³-hybridized carbons (Fsp3) is 0.200. The summed E-state index contributed by atoms with van der Waals surface area (Å²) in [5.74, 6) is -1.02. The Morgan fingerprint density at radius 3 is 2.65 bits per heavy atom. The van der Waals surface area contributed by atoms with Crippen LogP contribution in [-0.4, -0.2) is 27.4 Å². The molecule has 0 saturated heterocycles. The SMILES string of the molecule is NC(=O)C(O)C(O)c1ccc(N=C=S)c(Cl)c1. The minimum atomic E-state index is -1.69. The lowest BCUT2D eigenvalue weighted by molar-refractivity contribution is -0.131. The molecule has 0 aliphatic heterocycles. The zero-order chi connectivity index (χ0) is 13.0. The van der Waals surface area contributed by atoms with Crippen LogP contribution in [0.15, 0.2) is 23.2 Å². The molecular weight excluding hydrogens is 264 g/mol. The van der Waals surface area contributed by atoms with Gasteiger partial charge in [0.25, 0.3) is 0 Å². The number of carbonyl (C=O) groups excluding carboxylic acids is 1. The lowest BCUT2D eigenvalue weighted by atomic mass is 10.0. The number of carbonyl (C=O) groups is 1. The highest BCUT2D eigenvalue weighted by atomic mass is 35.5. The van der Waals surface area contributed by atoms with Gasteiger partial charge in [0.05, 0.1) is 15.9 Å². The number of aliphatic hydroxyl groups excluding tert-OH is 2. The van der Waals surface area contributed by atoms with Crippen LogP contribution in [0.5, 0.6) is 0 Å². The van der Waals surface area contributed by atoms with Gasteiger partial charge in [0.15, 0.2) is 6.10 Å². The topological polar surface area (TPSA) is 95.9 Å². The average Bonchev–Trinajstić information content (AvgIpc) is 2.30. The normalized spacial score (nSPS) is 13.6. The first-order valence-corrected chi connectivity index (χ1v) is 5.28. The highest BCUT2D eigenvalue weighted by Crippen LogP contribution is 2.28. The van der Waals surface area contributed by atoms with Crippen LogP contribution in [0.1, 0.15) is 11.7 Å². The lowest BCUT2D eigenvalue weighted by Crippen LogP contribution is -2.33. The Labute approximate surface area is 108 Å². The van der Waals surface area contributed by atoms with Gasteiger partial charge in [0.2, 0.25) is 5.91 Å². The molecule has 0 aliphatic carbocycles. The number of isothiocyanates is 1. The minimum absolute atomic E-state index is 0.218. The second-order valence-corrected chi connectivity index (χ2v) is 3.80. The number of thiocarbonyl (C=S) groups is 1. The number of amides is 1. The molecule has 2 atom stereocenters. The molecule has 4 N–H and O–H groups in total. The maximum Gasteiger partial charge on any atom is 0.249 e. The standard InChI is InChI=1S/C10H9ClN2O3S/c11-6-3-5(1-2-7(6)13-4-17)8(14)9(15)10(12)16/h1-3,8-9,14-15H,(H2,12,16). The van der Waals surface area contributed by atoms with Gasteiger partial charge in [-0.15, -0.1) is 0 Å². The Morgan fingerprint density at radius 2 is 2.18 bits per heavy atom. The van der Waals surface area contributed by atoms with Crippen molar-refractivity contribution in [1.29, 1.82) is 0 Å². The molecule has 5 nitrogen and oxygen atoms in total. The van der Waals surface area contributed by atoms with E-state index in [0.717, 1.165) is 0 Å². The molecule has 0 aromatic heterocycles. The van der Waals surface area contributed by atoms with E-state index in [1.807, 2.05) is 0 Å². The van der Waals surface area contributed by atoms with Crippen molar-refractivity contribution in [2.45, 2.75) is 12.2 Å². The maximum atomic E-state index is 10.7. The van der Waals surface area contributed by atoms with Crippen LogP contribution in [0.3, 0.4) is 0 Å². The quantitative estimate of drug-likeness (QED) is 0.562. The van der Waals surface area contributed by atoms with E-state index in [9.17, 15) is 15.0 Å². The number of primary amides is 1. The van der Waals surface area contributed by atoms with Gasteiger partial charge >= 0.3 is 0 Å². The van der Waals surface area contributed by atoms with Crippen molar-refractivity contribution in [3.63, 3.8) is 0 Å². The van der Waals surface area contributed by atoms with E-state index < -0.39 is 18.1 Å². The number of nitrogens with zero attached hydrogens (tertiary/aromatic N) is 1. The Kier molecular flexibility index (Phi) is 4.74. The van der Waals surface area contributed by atoms with Crippen LogP contribution >= 0.6 is 23.8 Å². The maximum absolute atomic E-state index is 10.7. The predicted molar refractivity (Wildman–Crippen MR) is 66.3 cm³/mol. The highest BCUT2D eigenvalue weighted by Gasteiger charge is 2.23. The molecule has 7 heteroatoms. The molecule has 0 heterocycles. The summed E-state index contributed by atoms with van der Waals surface area (Å²) in [6.45, 7) is 0. The van der Waals surface area contributed by atoms with Gasteiger partial charge in [0.1, 0.15) is 6.10 Å². The molecule has 0 aliphatic rings. The van der Waals surface area contributed by atoms with Gasteiger partial charge in [-0.3, -0.25) is 4.79 Å². The number of halogens is 1. The third-order valence-electron chi connectivity index (χ3n) is 2.07. The molecule has 0 spiro atoms. The van der Waals surface area contributed by atoms with E-state index in [4.69, 9.17) is 17.3 Å². The molecule has 2 unspecified atom stereocenters. The van der Waals surface area contributed by atoms with E-state index in [-0.39, 0.29) is 10.6 Å². The minimum Gasteiger partial charge on any atom is -0.385 e. The zero-order valence-corrected chi connectivity index (χ0v) is 10.1. The van der Waals surface area contributed by atoms with Crippen LogP contribution in [0.25, 0.3) is 0 Å². The molecular formula is C10H9ClN2O3S. The molecule has 1 rings (SSSR count). The van der Waals surface area contributed by atoms with Gasteiger partial charge in [-0.05, 0) is 29.9 Å². The first-order valence-electron chi connectivity index (χ1n) is 4.50. The first kappa shape index (κ1) is 13.8. The number of aliphatic hydroxyl groups is 2. The molecule has 1 amide bonds. The monoisotopic (exact) mass is 272 g/mol. The Morgan fingerprint density at radius 1 is 1.53 bits per heavy atom. The summed E-state index contributed by atoms with van der Waals surface area (Å²) in [7, 11) is 0. The summed E-state index contributed by atoms with van der Waals surface area (Å²) >= 11 is 10.3. The average molecular weight is 273 g/mol. The van der Waals surface area contributed by atoms with Gasteiger partial charge < -0.3 is 15.9 Å². The molecule has 1 aromatic carbocycles. The van der Waals surface area contributed by atoms with Crippen molar-refractivity contribution in [2.24, 2.45) is 10.7 Å². The summed E-state index contributed by atoms with van der Waals surface area (Å²) in [5, 5.41) is 21.3. The van der Waals surface area contributed by atoms with Crippen LogP contribution in [0, 0.1) is 0 Å². The smallest absolute Gasteiger partial charge is 0.249 e. The Hall–Kier alpha value is -1.30. The summed E-state index contributed by atoms with van der Waals surface area (Å²) in [5.41, 5.74) is 5.50. The van der Waals surface area contributed by atoms with Crippen LogP contribution in [-0.2, 0) is 4.79 Å². The van der Waals surface area contributed by atoms with Crippen LogP contribution < -0.4 is 5.73 Å². The van der Waals surface area contributed by atoms with Crippen LogP contribution in [0.2, 0.25) is 5.02 Å². The number of aliphatic imine (C=N–C) groups is 1. The van der Waals surface area contributed by atoms with Crippen molar-refractivity contribution in [1.82, 2.24) is 0 Å². The predicted octanol–water partition coefficient (Wildman–Crippen LogP) is 0.954. The number of rotatable bonds is 4. The molecule has 17 heavy (non-hydrogen) atoms. The van der Waals surface area contributed by atoms with Gasteiger partial charge in [-0.1, -0.05) is 17.7 Å². The van der Waals surface area contributed by atoms with Gasteiger partial charge in [-0.25, -0.2) is 0 Å². The van der Waals surface area contributed by atoms with E-state index in [2.05, 4.69) is 22.4 Å². The molecule has 90 valence electrons. The summed E-state index contributed by atoms with van der Waals surface area (Å²) in [4.78, 5) is 14.4. The van der Waals surface area contributed by atoms with Crippen molar-refractivity contribution in [3.8, 4) is 0 Å². The van der Waals surface area contributed by atoms with E-state index >= 15 is 0 Å². The third-order valence-corrected chi connectivity index (χ3v) is 2.46. The van der Waals surface area contributed by atoms with E-state index in [0.29, 0.717) is 5.69 Å². The summed E-state index contributed by atoms with van der Waals surface area (Å²) in [6, 6.07) is 4.30. The molecule has 0 bridgehead atoms. The fourth-order valence-corrected chi connectivity index (χ4v) is 1.51.